The number of rotatable bonds is 6. The molecule has 0 bridgehead atoms. The van der Waals surface area contributed by atoms with E-state index in [2.05, 4.69) is 26.1 Å². The lowest BCUT2D eigenvalue weighted by Gasteiger charge is -2.24. The number of benzene rings is 2. The zero-order valence-electron chi connectivity index (χ0n) is 16.1. The smallest absolute Gasteiger partial charge is 0.273 e. The van der Waals surface area contributed by atoms with Gasteiger partial charge in [-0.15, -0.1) is 0 Å². The van der Waals surface area contributed by atoms with Gasteiger partial charge < -0.3 is 14.8 Å². The van der Waals surface area contributed by atoms with E-state index in [0.29, 0.717) is 11.4 Å². The topological polar surface area (TPSA) is 90.7 Å². The summed E-state index contributed by atoms with van der Waals surface area (Å²) in [6.07, 6.45) is -0.770. The second-order valence-corrected chi connectivity index (χ2v) is 7.14. The molecule has 2 rings (SSSR count). The van der Waals surface area contributed by atoms with Crippen LogP contribution in [0.3, 0.4) is 0 Å². The molecule has 144 valence electrons. The molecule has 0 aliphatic carbocycles. The van der Waals surface area contributed by atoms with Crippen molar-refractivity contribution in [1.29, 1.82) is 0 Å². The van der Waals surface area contributed by atoms with Crippen LogP contribution in [0.25, 0.3) is 0 Å². The molecule has 0 saturated heterocycles. The van der Waals surface area contributed by atoms with Gasteiger partial charge in [0.15, 0.2) is 6.10 Å². The maximum absolute atomic E-state index is 12.5. The molecule has 7 heteroatoms. The number of hydrogen-bond donors (Lipinski definition) is 1. The van der Waals surface area contributed by atoms with E-state index in [1.165, 1.54) is 25.3 Å². The number of anilines is 1. The molecular weight excluding hydrogens is 348 g/mol. The van der Waals surface area contributed by atoms with E-state index in [1.54, 1.807) is 6.92 Å². The summed E-state index contributed by atoms with van der Waals surface area (Å²) in [5, 5.41) is 13.6. The second kappa shape index (κ2) is 8.07. The van der Waals surface area contributed by atoms with Crippen molar-refractivity contribution in [3.8, 4) is 11.5 Å². The lowest BCUT2D eigenvalue weighted by Crippen LogP contribution is -2.31. The average molecular weight is 372 g/mol. The predicted molar refractivity (Wildman–Crippen MR) is 104 cm³/mol. The van der Waals surface area contributed by atoms with Crippen LogP contribution in [0.4, 0.5) is 11.4 Å². The number of nitro benzene ring substituents is 1. The van der Waals surface area contributed by atoms with Crippen molar-refractivity contribution < 1.29 is 19.2 Å². The molecule has 1 N–H and O–H groups in total. The van der Waals surface area contributed by atoms with Crippen molar-refractivity contribution in [3.63, 3.8) is 0 Å². The van der Waals surface area contributed by atoms with Gasteiger partial charge in [0.2, 0.25) is 0 Å². The van der Waals surface area contributed by atoms with Crippen LogP contribution >= 0.6 is 0 Å². The first-order chi connectivity index (χ1) is 12.6. The number of amides is 1. The van der Waals surface area contributed by atoms with Crippen LogP contribution in [0.5, 0.6) is 11.5 Å². The average Bonchev–Trinajstić information content (AvgIpc) is 2.61. The van der Waals surface area contributed by atoms with E-state index in [0.717, 1.165) is 5.56 Å². The van der Waals surface area contributed by atoms with Crippen LogP contribution in [0.2, 0.25) is 0 Å². The van der Waals surface area contributed by atoms with Crippen LogP contribution in [-0.2, 0) is 10.2 Å². The number of para-hydroxylation sites is 1. The largest absolute Gasteiger partial charge is 0.494 e. The molecule has 2 aromatic carbocycles. The van der Waals surface area contributed by atoms with E-state index in [4.69, 9.17) is 9.47 Å². The summed E-state index contributed by atoms with van der Waals surface area (Å²) in [5.41, 5.74) is 1.09. The second-order valence-electron chi connectivity index (χ2n) is 7.14. The molecule has 27 heavy (non-hydrogen) atoms. The lowest BCUT2D eigenvalue weighted by atomic mass is 9.86. The van der Waals surface area contributed by atoms with Crippen molar-refractivity contribution in [3.05, 3.63) is 58.1 Å². The number of carbonyl (C=O) groups excluding carboxylic acids is 1. The molecule has 0 spiro atoms. The zero-order valence-corrected chi connectivity index (χ0v) is 16.1. The molecule has 0 heterocycles. The van der Waals surface area contributed by atoms with Gasteiger partial charge in [0.25, 0.3) is 11.6 Å². The van der Waals surface area contributed by atoms with Crippen molar-refractivity contribution in [2.75, 3.05) is 12.4 Å². The van der Waals surface area contributed by atoms with Crippen LogP contribution in [0.15, 0.2) is 42.5 Å². The molecule has 0 aliphatic heterocycles. The number of hydrogen-bond acceptors (Lipinski definition) is 5. The molecule has 0 saturated carbocycles. The Balaban J connectivity index is 2.17. The fourth-order valence-electron chi connectivity index (χ4n) is 2.56. The van der Waals surface area contributed by atoms with Gasteiger partial charge in [-0.25, -0.2) is 0 Å². The van der Waals surface area contributed by atoms with E-state index in [-0.39, 0.29) is 22.8 Å². The number of carbonyl (C=O) groups is 1. The highest BCUT2D eigenvalue weighted by Crippen LogP contribution is 2.32. The summed E-state index contributed by atoms with van der Waals surface area (Å²) in [5.74, 6) is 0.467. The Hall–Kier alpha value is -3.09. The third-order valence-corrected chi connectivity index (χ3v) is 4.02. The van der Waals surface area contributed by atoms with E-state index in [9.17, 15) is 14.9 Å². The molecule has 0 aromatic heterocycles. The standard InChI is InChI=1S/C20H24N2O5/c1-13(27-17-9-7-6-8-15(17)20(2,3)4)19(23)21-16-11-10-14(22(24)25)12-18(16)26-5/h6-13H,1-5H3,(H,21,23). The minimum Gasteiger partial charge on any atom is -0.494 e. The molecule has 0 fully saturated rings. The molecule has 1 atom stereocenters. The SMILES string of the molecule is COc1cc([N+](=O)[O-])ccc1NC(=O)C(C)Oc1ccccc1C(C)(C)C. The summed E-state index contributed by atoms with van der Waals surface area (Å²) in [7, 11) is 1.38. The van der Waals surface area contributed by atoms with Crippen LogP contribution in [0.1, 0.15) is 33.3 Å². The van der Waals surface area contributed by atoms with E-state index < -0.39 is 11.0 Å². The molecule has 1 unspecified atom stereocenters. The summed E-state index contributed by atoms with van der Waals surface area (Å²) in [6.45, 7) is 7.86. The van der Waals surface area contributed by atoms with Gasteiger partial charge in [-0.3, -0.25) is 14.9 Å². The zero-order chi connectivity index (χ0) is 20.2. The van der Waals surface area contributed by atoms with Crippen LogP contribution in [0, 0.1) is 10.1 Å². The minimum absolute atomic E-state index is 0.117. The number of nitrogens with zero attached hydrogens (tertiary/aromatic N) is 1. The quantitative estimate of drug-likeness (QED) is 0.603. The van der Waals surface area contributed by atoms with Gasteiger partial charge in [-0.05, 0) is 30.0 Å². The monoisotopic (exact) mass is 372 g/mol. The highest BCUT2D eigenvalue weighted by Gasteiger charge is 2.23. The van der Waals surface area contributed by atoms with Crippen molar-refractivity contribution >= 4 is 17.3 Å². The lowest BCUT2D eigenvalue weighted by molar-refractivity contribution is -0.384. The molecule has 2 aromatic rings. The number of ether oxygens (including phenoxy) is 2. The first-order valence-corrected chi connectivity index (χ1v) is 8.53. The summed E-state index contributed by atoms with van der Waals surface area (Å²) < 4.78 is 11.0. The van der Waals surface area contributed by atoms with Crippen LogP contribution in [-0.4, -0.2) is 24.0 Å². The van der Waals surface area contributed by atoms with E-state index >= 15 is 0 Å². The number of nitrogens with one attached hydrogen (secondary N) is 1. The molecule has 1 amide bonds. The number of methoxy groups -OCH3 is 1. The van der Waals surface area contributed by atoms with Crippen molar-refractivity contribution in [2.45, 2.75) is 39.2 Å². The number of nitro groups is 1. The Morgan fingerprint density at radius 3 is 2.41 bits per heavy atom. The van der Waals surface area contributed by atoms with Gasteiger partial charge in [-0.2, -0.15) is 0 Å². The first-order valence-electron chi connectivity index (χ1n) is 8.53. The number of non-ortho nitro benzene ring substituents is 1. The third kappa shape index (κ3) is 4.97. The highest BCUT2D eigenvalue weighted by molar-refractivity contribution is 5.95. The minimum atomic E-state index is -0.770. The summed E-state index contributed by atoms with van der Waals surface area (Å²) >= 11 is 0. The van der Waals surface area contributed by atoms with Gasteiger partial charge in [0.05, 0.1) is 23.8 Å². The molecule has 0 aliphatic rings. The Labute approximate surface area is 158 Å². The predicted octanol–water partition coefficient (Wildman–Crippen LogP) is 4.31. The Kier molecular flexibility index (Phi) is 6.05. The third-order valence-electron chi connectivity index (χ3n) is 4.02. The first kappa shape index (κ1) is 20.2. The Bertz CT molecular complexity index is 843. The fraction of sp³-hybridized carbons (Fsp3) is 0.350. The van der Waals surface area contributed by atoms with Crippen molar-refractivity contribution in [2.24, 2.45) is 0 Å². The van der Waals surface area contributed by atoms with Gasteiger partial charge >= 0.3 is 0 Å². The molecular formula is C20H24N2O5. The van der Waals surface area contributed by atoms with Crippen LogP contribution < -0.4 is 14.8 Å². The maximum atomic E-state index is 12.5. The summed E-state index contributed by atoms with van der Waals surface area (Å²) in [4.78, 5) is 22.9. The van der Waals surface area contributed by atoms with Gasteiger partial charge in [0.1, 0.15) is 11.5 Å². The summed E-state index contributed by atoms with van der Waals surface area (Å²) in [6, 6.07) is 11.6. The Morgan fingerprint density at radius 1 is 1.15 bits per heavy atom. The highest BCUT2D eigenvalue weighted by atomic mass is 16.6. The van der Waals surface area contributed by atoms with Gasteiger partial charge in [0, 0.05) is 6.07 Å². The molecule has 7 nitrogen and oxygen atoms in total. The maximum Gasteiger partial charge on any atom is 0.273 e. The normalized spacial score (nSPS) is 12.2. The fourth-order valence-corrected chi connectivity index (χ4v) is 2.56. The van der Waals surface area contributed by atoms with Gasteiger partial charge in [-0.1, -0.05) is 39.0 Å². The molecule has 0 radical (unpaired) electrons. The van der Waals surface area contributed by atoms with E-state index in [1.807, 2.05) is 24.3 Å². The Morgan fingerprint density at radius 2 is 1.81 bits per heavy atom. The van der Waals surface area contributed by atoms with Crippen molar-refractivity contribution in [1.82, 2.24) is 0 Å².